The summed E-state index contributed by atoms with van der Waals surface area (Å²) in [7, 11) is 0. The molecular weight excluding hydrogens is 435 g/mol. The van der Waals surface area contributed by atoms with Gasteiger partial charge < -0.3 is 14.5 Å². The number of para-hydroxylation sites is 1. The zero-order chi connectivity index (χ0) is 21.4. The van der Waals surface area contributed by atoms with Crippen LogP contribution in [0.2, 0.25) is 10.0 Å². The van der Waals surface area contributed by atoms with Crippen LogP contribution in [0.25, 0.3) is 0 Å². The van der Waals surface area contributed by atoms with Gasteiger partial charge in [0.05, 0.1) is 29.6 Å². The van der Waals surface area contributed by atoms with Crippen LogP contribution in [0, 0.1) is 0 Å². The van der Waals surface area contributed by atoms with Crippen molar-refractivity contribution in [1.29, 1.82) is 0 Å². The lowest BCUT2D eigenvalue weighted by Gasteiger charge is -2.36. The van der Waals surface area contributed by atoms with Gasteiger partial charge in [-0.05, 0) is 35.9 Å². The van der Waals surface area contributed by atoms with Crippen molar-refractivity contribution >= 4 is 34.8 Å². The number of anilines is 1. The summed E-state index contributed by atoms with van der Waals surface area (Å²) in [4.78, 5) is 17.1. The molecule has 2 aliphatic heterocycles. The van der Waals surface area contributed by atoms with Crippen molar-refractivity contribution in [2.75, 3.05) is 31.1 Å². The van der Waals surface area contributed by atoms with Gasteiger partial charge in [-0.15, -0.1) is 0 Å². The van der Waals surface area contributed by atoms with E-state index in [1.807, 2.05) is 64.2 Å². The first-order valence-corrected chi connectivity index (χ1v) is 11.1. The van der Waals surface area contributed by atoms with Gasteiger partial charge in [-0.2, -0.15) is 5.10 Å². The van der Waals surface area contributed by atoms with Crippen LogP contribution >= 0.6 is 23.2 Å². The molecule has 1 amide bonds. The van der Waals surface area contributed by atoms with Gasteiger partial charge in [-0.1, -0.05) is 47.5 Å². The largest absolute Gasteiger partial charge is 0.367 e. The SMILES string of the molecule is O=C(c1cc2n(n1)CC(c1ccc(Cl)cc1)OC2)N1CCN(c2ccccc2Cl)CC1. The zero-order valence-electron chi connectivity index (χ0n) is 16.9. The number of carbonyl (C=O) groups is 1. The lowest BCUT2D eigenvalue weighted by atomic mass is 10.1. The summed E-state index contributed by atoms with van der Waals surface area (Å²) in [6.07, 6.45) is -0.105. The van der Waals surface area contributed by atoms with E-state index < -0.39 is 0 Å². The molecule has 2 aromatic carbocycles. The Kier molecular flexibility index (Phi) is 5.61. The third-order valence-electron chi connectivity index (χ3n) is 5.86. The van der Waals surface area contributed by atoms with Crippen molar-refractivity contribution in [2.45, 2.75) is 19.3 Å². The lowest BCUT2D eigenvalue weighted by Crippen LogP contribution is -2.49. The minimum absolute atomic E-state index is 0.0382. The monoisotopic (exact) mass is 456 g/mol. The lowest BCUT2D eigenvalue weighted by molar-refractivity contribution is -0.00121. The van der Waals surface area contributed by atoms with Crippen LogP contribution in [0.5, 0.6) is 0 Å². The van der Waals surface area contributed by atoms with Gasteiger partial charge in [0.2, 0.25) is 0 Å². The number of hydrogen-bond donors (Lipinski definition) is 0. The predicted molar refractivity (Wildman–Crippen MR) is 121 cm³/mol. The molecule has 0 saturated carbocycles. The van der Waals surface area contributed by atoms with Crippen molar-refractivity contribution in [3.63, 3.8) is 0 Å². The Balaban J connectivity index is 1.25. The summed E-state index contributed by atoms with van der Waals surface area (Å²) in [6, 6.07) is 17.3. The number of amides is 1. The Bertz CT molecular complexity index is 1090. The molecule has 31 heavy (non-hydrogen) atoms. The molecule has 1 saturated heterocycles. The number of ether oxygens (including phenoxy) is 1. The molecule has 0 aliphatic carbocycles. The van der Waals surface area contributed by atoms with E-state index in [0.29, 0.717) is 37.0 Å². The van der Waals surface area contributed by atoms with Gasteiger partial charge in [-0.3, -0.25) is 9.48 Å². The number of halogens is 2. The fourth-order valence-electron chi connectivity index (χ4n) is 4.13. The van der Waals surface area contributed by atoms with Crippen molar-refractivity contribution in [1.82, 2.24) is 14.7 Å². The number of benzene rings is 2. The normalized spacial score (nSPS) is 18.7. The van der Waals surface area contributed by atoms with E-state index in [-0.39, 0.29) is 12.0 Å². The van der Waals surface area contributed by atoms with Crippen LogP contribution in [-0.4, -0.2) is 46.8 Å². The Hall–Kier alpha value is -2.54. The number of hydrogen-bond acceptors (Lipinski definition) is 4. The quantitative estimate of drug-likeness (QED) is 0.584. The Morgan fingerprint density at radius 1 is 1.00 bits per heavy atom. The molecular formula is C23H22Cl2N4O2. The van der Waals surface area contributed by atoms with Crippen LogP contribution < -0.4 is 4.90 Å². The molecule has 160 valence electrons. The highest BCUT2D eigenvalue weighted by atomic mass is 35.5. The molecule has 0 radical (unpaired) electrons. The topological polar surface area (TPSA) is 50.6 Å². The molecule has 3 aromatic rings. The highest BCUT2D eigenvalue weighted by molar-refractivity contribution is 6.33. The van der Waals surface area contributed by atoms with Crippen molar-refractivity contribution in [3.05, 3.63) is 81.6 Å². The molecule has 2 aliphatic rings. The number of nitrogens with zero attached hydrogens (tertiary/aromatic N) is 4. The fourth-order valence-corrected chi connectivity index (χ4v) is 4.51. The van der Waals surface area contributed by atoms with Gasteiger partial charge in [-0.25, -0.2) is 0 Å². The Labute approximate surface area is 190 Å². The van der Waals surface area contributed by atoms with E-state index >= 15 is 0 Å². The van der Waals surface area contributed by atoms with E-state index in [4.69, 9.17) is 27.9 Å². The summed E-state index contributed by atoms with van der Waals surface area (Å²) >= 11 is 12.3. The van der Waals surface area contributed by atoms with Gasteiger partial charge >= 0.3 is 0 Å². The Morgan fingerprint density at radius 3 is 2.48 bits per heavy atom. The molecule has 8 heteroatoms. The van der Waals surface area contributed by atoms with Crippen molar-refractivity contribution < 1.29 is 9.53 Å². The predicted octanol–water partition coefficient (Wildman–Crippen LogP) is 4.42. The van der Waals surface area contributed by atoms with Crippen LogP contribution in [0.4, 0.5) is 5.69 Å². The van der Waals surface area contributed by atoms with Crippen LogP contribution in [-0.2, 0) is 17.9 Å². The van der Waals surface area contributed by atoms with Crippen LogP contribution in [0.3, 0.4) is 0 Å². The smallest absolute Gasteiger partial charge is 0.274 e. The third kappa shape index (κ3) is 4.15. The summed E-state index contributed by atoms with van der Waals surface area (Å²) in [5.74, 6) is -0.0382. The van der Waals surface area contributed by atoms with Gasteiger partial charge in [0, 0.05) is 31.2 Å². The standard InChI is InChI=1S/C23H22Cl2N4O2/c24-17-7-5-16(6-8-17)22-14-29-18(15-31-22)13-20(26-29)23(30)28-11-9-27(10-12-28)21-4-2-1-3-19(21)25/h1-8,13,22H,9-12,14-15H2. The second kappa shape index (κ2) is 8.54. The van der Waals surface area contributed by atoms with Gasteiger partial charge in [0.25, 0.3) is 5.91 Å². The average Bonchev–Trinajstić information content (AvgIpc) is 3.23. The molecule has 5 rings (SSSR count). The second-order valence-electron chi connectivity index (χ2n) is 7.78. The maximum absolute atomic E-state index is 13.1. The van der Waals surface area contributed by atoms with Crippen molar-refractivity contribution in [2.24, 2.45) is 0 Å². The molecule has 0 bridgehead atoms. The van der Waals surface area contributed by atoms with Gasteiger partial charge in [0.1, 0.15) is 6.10 Å². The first kappa shape index (κ1) is 20.4. The van der Waals surface area contributed by atoms with Crippen LogP contribution in [0.15, 0.2) is 54.6 Å². The number of aromatic nitrogens is 2. The van der Waals surface area contributed by atoms with E-state index in [0.717, 1.165) is 35.1 Å². The molecule has 3 heterocycles. The number of rotatable bonds is 3. The zero-order valence-corrected chi connectivity index (χ0v) is 18.4. The maximum Gasteiger partial charge on any atom is 0.274 e. The molecule has 6 nitrogen and oxygen atoms in total. The van der Waals surface area contributed by atoms with E-state index in [9.17, 15) is 4.79 Å². The number of piperazine rings is 1. The third-order valence-corrected chi connectivity index (χ3v) is 6.43. The van der Waals surface area contributed by atoms with E-state index in [1.165, 1.54) is 0 Å². The van der Waals surface area contributed by atoms with Gasteiger partial charge in [0.15, 0.2) is 5.69 Å². The molecule has 0 N–H and O–H groups in total. The number of carbonyl (C=O) groups excluding carboxylic acids is 1. The average molecular weight is 457 g/mol. The molecule has 1 unspecified atom stereocenters. The minimum atomic E-state index is -0.105. The fraction of sp³-hybridized carbons (Fsp3) is 0.304. The summed E-state index contributed by atoms with van der Waals surface area (Å²) in [5, 5.41) is 6.03. The van der Waals surface area contributed by atoms with Crippen LogP contribution in [0.1, 0.15) is 27.8 Å². The van der Waals surface area contributed by atoms with E-state index in [1.54, 1.807) is 0 Å². The summed E-state index contributed by atoms with van der Waals surface area (Å²) < 4.78 is 7.88. The second-order valence-corrected chi connectivity index (χ2v) is 8.63. The minimum Gasteiger partial charge on any atom is -0.367 e. The van der Waals surface area contributed by atoms with E-state index in [2.05, 4.69) is 10.00 Å². The first-order chi connectivity index (χ1) is 15.1. The molecule has 1 atom stereocenters. The Morgan fingerprint density at radius 2 is 1.74 bits per heavy atom. The van der Waals surface area contributed by atoms with Crippen molar-refractivity contribution in [3.8, 4) is 0 Å². The molecule has 1 fully saturated rings. The first-order valence-electron chi connectivity index (χ1n) is 10.3. The highest BCUT2D eigenvalue weighted by Gasteiger charge is 2.28. The summed E-state index contributed by atoms with van der Waals surface area (Å²) in [5.41, 5.74) is 3.46. The summed E-state index contributed by atoms with van der Waals surface area (Å²) in [6.45, 7) is 3.75. The number of fused-ring (bicyclic) bond motifs is 1. The molecule has 1 aromatic heterocycles. The molecule has 0 spiro atoms. The highest BCUT2D eigenvalue weighted by Crippen LogP contribution is 2.29. The maximum atomic E-state index is 13.1.